The van der Waals surface area contributed by atoms with Crippen molar-refractivity contribution in [3.05, 3.63) is 149 Å². The Morgan fingerprint density at radius 3 is 1.02 bits per heavy atom. The normalized spacial score (nSPS) is 28.9. The predicted octanol–water partition coefficient (Wildman–Crippen LogP) is 3.49. The van der Waals surface area contributed by atoms with Crippen molar-refractivity contribution < 1.29 is 126 Å². The third kappa shape index (κ3) is 12.5. The minimum Gasteiger partial charge on any atom is -0.462 e. The third-order valence-corrected chi connectivity index (χ3v) is 16.8. The number of nitrogens with zero attached hydrogens (tertiary/aromatic N) is 2. The Labute approximate surface area is 526 Å². The summed E-state index contributed by atoms with van der Waals surface area (Å²) in [5.41, 5.74) is -4.79. The molecule has 0 saturated carbocycles. The summed E-state index contributed by atoms with van der Waals surface area (Å²) in [7, 11) is 0. The number of H-pyrrole nitrogens is 2. The Morgan fingerprint density at radius 1 is 0.372 bits per heavy atom. The molecule has 30 heteroatoms. The van der Waals surface area contributed by atoms with Crippen molar-refractivity contribution in [3.8, 4) is 61.8 Å². The summed E-state index contributed by atoms with van der Waals surface area (Å²) in [5.74, 6) is -0.186. The number of aliphatic hydroxyl groups is 14. The number of benzene rings is 4. The zero-order chi connectivity index (χ0) is 67.0. The number of aromatic amines is 2. The average Bonchev–Trinajstić information content (AvgIpc) is 1.60. The zero-order valence-electron chi connectivity index (χ0n) is 48.4. The molecule has 11 unspecified atom stereocenters. The Hall–Kier alpha value is -7.96. The minimum atomic E-state index is -5.39. The molecule has 5 aliphatic rings. The fourth-order valence-corrected chi connectivity index (χ4v) is 11.9. The van der Waals surface area contributed by atoms with Gasteiger partial charge >= 0.3 is 12.4 Å². The van der Waals surface area contributed by atoms with Crippen molar-refractivity contribution in [2.75, 3.05) is 19.8 Å². The van der Waals surface area contributed by atoms with Gasteiger partial charge in [-0.3, -0.25) is 4.98 Å². The van der Waals surface area contributed by atoms with Crippen LogP contribution in [-0.2, 0) is 26.6 Å². The second kappa shape index (κ2) is 26.0. The van der Waals surface area contributed by atoms with Crippen LogP contribution in [0.1, 0.15) is 46.1 Å². The topological polar surface area (TPSA) is 396 Å². The number of hydrogen-bond donors (Lipinski definition) is 16. The molecule has 0 amide bonds. The largest absolute Gasteiger partial charge is 0.462 e. The SMILES string of the molecule is OCC1O[C@H](Oc2cccc(-c3c4nc(c(-c5cccc(O[C@H]6OC(CO)[C@@H](O)C(O)C6O)c5)c5ccc([nH]5)c(-c5cc(C(F)(F)F)cc(C(F)(F)F)c5)c5nc(c(-c6cccc(O[C@H]7OC(CO)[C@@H](O)C(O)C7O)c6)c6ccc3[nH]6)C(O)C5O)C=C4)c2)C(O)C(O)[C@@H]1O. The van der Waals surface area contributed by atoms with E-state index < -0.39 is 170 Å². The van der Waals surface area contributed by atoms with E-state index in [4.69, 9.17) is 38.4 Å². The van der Waals surface area contributed by atoms with Gasteiger partial charge in [0.25, 0.3) is 0 Å². The molecule has 8 bridgehead atoms. The number of rotatable bonds is 13. The highest BCUT2D eigenvalue weighted by molar-refractivity contribution is 5.98. The molecule has 7 aromatic rings. The maximum absolute atomic E-state index is 14.9. The van der Waals surface area contributed by atoms with E-state index in [0.29, 0.717) is 17.7 Å². The van der Waals surface area contributed by atoms with E-state index in [9.17, 15) is 97.8 Å². The van der Waals surface area contributed by atoms with Crippen LogP contribution < -0.4 is 14.2 Å². The lowest BCUT2D eigenvalue weighted by molar-refractivity contribution is -0.277. The second-order valence-corrected chi connectivity index (χ2v) is 22.9. The van der Waals surface area contributed by atoms with Crippen LogP contribution in [0.25, 0.3) is 78.7 Å². The predicted molar refractivity (Wildman–Crippen MR) is 315 cm³/mol. The van der Waals surface area contributed by atoms with Gasteiger partial charge in [0.1, 0.15) is 103 Å². The maximum Gasteiger partial charge on any atom is 0.416 e. The van der Waals surface area contributed by atoms with E-state index in [0.717, 1.165) is 0 Å². The van der Waals surface area contributed by atoms with Crippen LogP contribution in [0.5, 0.6) is 17.2 Å². The third-order valence-electron chi connectivity index (χ3n) is 16.8. The van der Waals surface area contributed by atoms with Gasteiger partial charge in [-0.25, -0.2) is 4.98 Å². The number of hydrogen-bond acceptors (Lipinski definition) is 22. The van der Waals surface area contributed by atoms with Gasteiger partial charge in [0.15, 0.2) is 0 Å². The van der Waals surface area contributed by atoms with Gasteiger partial charge in [-0.1, -0.05) is 36.4 Å². The van der Waals surface area contributed by atoms with Gasteiger partial charge in [-0.15, -0.1) is 0 Å². The van der Waals surface area contributed by atoms with Gasteiger partial charge < -0.3 is 110 Å². The van der Waals surface area contributed by atoms with E-state index in [1.807, 2.05) is 0 Å². The van der Waals surface area contributed by atoms with E-state index in [1.54, 1.807) is 36.4 Å². The summed E-state index contributed by atoms with van der Waals surface area (Å²) >= 11 is 0. The first kappa shape index (κ1) is 66.1. The van der Waals surface area contributed by atoms with E-state index in [2.05, 4.69) is 9.97 Å². The highest BCUT2D eigenvalue weighted by atomic mass is 19.4. The van der Waals surface area contributed by atoms with Gasteiger partial charge in [-0.05, 0) is 113 Å². The van der Waals surface area contributed by atoms with Crippen LogP contribution in [0, 0.1) is 0 Å². The lowest BCUT2D eigenvalue weighted by Gasteiger charge is -2.39. The monoisotopic (exact) mass is 1320 g/mol. The molecule has 94 heavy (non-hydrogen) atoms. The molecule has 0 aliphatic carbocycles. The molecule has 17 atom stereocenters. The molecular weight excluding hydrogens is 1260 g/mol. The summed E-state index contributed by atoms with van der Waals surface area (Å²) in [6, 6.07) is 24.1. The molecule has 5 aliphatic heterocycles. The number of alkyl halides is 6. The molecule has 4 aromatic carbocycles. The van der Waals surface area contributed by atoms with E-state index >= 15 is 0 Å². The molecule has 8 heterocycles. The van der Waals surface area contributed by atoms with E-state index in [1.165, 1.54) is 72.8 Å². The van der Waals surface area contributed by atoms with Crippen molar-refractivity contribution in [3.63, 3.8) is 0 Å². The Kier molecular flexibility index (Phi) is 18.3. The van der Waals surface area contributed by atoms with Crippen molar-refractivity contribution in [2.24, 2.45) is 0 Å². The quantitative estimate of drug-likeness (QED) is 0.0735. The molecular formula is C64H60F6N4O20. The summed E-state index contributed by atoms with van der Waals surface area (Å²) in [4.78, 5) is 16.3. The lowest BCUT2D eigenvalue weighted by Crippen LogP contribution is -2.60. The van der Waals surface area contributed by atoms with Crippen LogP contribution in [0.4, 0.5) is 26.3 Å². The summed E-state index contributed by atoms with van der Waals surface area (Å²) in [6.45, 7) is -2.37. The van der Waals surface area contributed by atoms with Crippen LogP contribution >= 0.6 is 0 Å². The van der Waals surface area contributed by atoms with Crippen LogP contribution in [0.2, 0.25) is 0 Å². The fourth-order valence-electron chi connectivity index (χ4n) is 11.9. The highest BCUT2D eigenvalue weighted by Crippen LogP contribution is 2.48. The maximum atomic E-state index is 14.9. The minimum absolute atomic E-state index is 0.00143. The number of fused-ring (bicyclic) bond motifs is 8. The van der Waals surface area contributed by atoms with Crippen molar-refractivity contribution in [2.45, 2.75) is 117 Å². The summed E-state index contributed by atoms with van der Waals surface area (Å²) < 4.78 is 124. The number of halogens is 6. The van der Waals surface area contributed by atoms with Gasteiger partial charge in [0, 0.05) is 44.3 Å². The van der Waals surface area contributed by atoms with Gasteiger partial charge in [-0.2, -0.15) is 26.3 Å². The first-order valence-corrected chi connectivity index (χ1v) is 29.1. The molecule has 24 nitrogen and oxygen atoms in total. The standard InChI is InChI=1S/C64H60F6N4O20/c65-63(66,67)29-16-28(17-30(21-29)64(68,69)70)46-39-15-13-37(73-39)44(26-5-2-8-32(19-26)90-61-58(87)55(84)50(79)41(23-76)93-61)35-11-10-34(71-35)43(25-4-1-7-31(18-25)89-60-57(86)54(83)49(78)40(22-75)92-60)36-12-14-38(72-36)45(47-52(81)53(82)48(46)74-47)27-6-3-9-33(20-27)91-62-59(88)56(85)51(80)42(24-77)94-62/h1-21,40-42,49-62,72-73,75-88H,22-24H2/t40?,41?,42?,49-,50-,51-,52?,53?,54?,55?,56?,57?,58?,59?,60+,61+,62+/m1/s1. The molecule has 12 rings (SSSR count). The fraction of sp³-hybridized carbons (Fsp3) is 0.344. The Balaban J connectivity index is 1.15. The van der Waals surface area contributed by atoms with E-state index in [-0.39, 0.29) is 84.6 Å². The van der Waals surface area contributed by atoms with Gasteiger partial charge in [0.05, 0.1) is 53.7 Å². The highest BCUT2D eigenvalue weighted by Gasteiger charge is 2.48. The molecule has 3 fully saturated rings. The average molecular weight is 1320 g/mol. The molecule has 3 saturated heterocycles. The number of ether oxygens (including phenoxy) is 6. The summed E-state index contributed by atoms with van der Waals surface area (Å²) in [6.07, 6.45) is -37.6. The number of aliphatic hydroxyl groups excluding tert-OH is 14. The lowest BCUT2D eigenvalue weighted by atomic mass is 9.95. The first-order valence-electron chi connectivity index (χ1n) is 29.1. The summed E-state index contributed by atoms with van der Waals surface area (Å²) in [5, 5.41) is 151. The Bertz CT molecular complexity index is 4130. The molecule has 3 aromatic heterocycles. The zero-order valence-corrected chi connectivity index (χ0v) is 48.4. The van der Waals surface area contributed by atoms with Crippen LogP contribution in [0.3, 0.4) is 0 Å². The van der Waals surface area contributed by atoms with Crippen LogP contribution in [0.15, 0.2) is 115 Å². The second-order valence-electron chi connectivity index (χ2n) is 22.9. The Morgan fingerprint density at radius 2 is 0.691 bits per heavy atom. The molecule has 0 radical (unpaired) electrons. The smallest absolute Gasteiger partial charge is 0.416 e. The number of aromatic nitrogens is 4. The van der Waals surface area contributed by atoms with Crippen LogP contribution in [-0.4, -0.2) is 203 Å². The number of nitrogens with one attached hydrogen (secondary N) is 2. The van der Waals surface area contributed by atoms with Gasteiger partial charge in [0.2, 0.25) is 18.9 Å². The van der Waals surface area contributed by atoms with Crippen molar-refractivity contribution >= 4 is 34.2 Å². The molecule has 498 valence electrons. The molecule has 0 spiro atoms. The first-order chi connectivity index (χ1) is 44.7. The van der Waals surface area contributed by atoms with Crippen molar-refractivity contribution in [1.82, 2.24) is 19.9 Å². The molecule has 16 N–H and O–H groups in total. The van der Waals surface area contributed by atoms with Crippen molar-refractivity contribution in [1.29, 1.82) is 0 Å².